The lowest BCUT2D eigenvalue weighted by Gasteiger charge is -2.23. The smallest absolute Gasteiger partial charge is 0.224 e. The highest BCUT2D eigenvalue weighted by molar-refractivity contribution is 5.90. The summed E-state index contributed by atoms with van der Waals surface area (Å²) in [6.45, 7) is 3.01. The summed E-state index contributed by atoms with van der Waals surface area (Å²) in [5.74, 6) is 0.0664. The summed E-state index contributed by atoms with van der Waals surface area (Å²) in [5.41, 5.74) is 2.23. The molecular formula is C15H22N2O. The molecule has 2 N–H and O–H groups in total. The first-order chi connectivity index (χ1) is 8.78. The number of hydrogen-bond acceptors (Lipinski definition) is 2. The average Bonchev–Trinajstić information content (AvgIpc) is 2.42. The van der Waals surface area contributed by atoms with Crippen LogP contribution in [0.15, 0.2) is 24.3 Å². The summed E-state index contributed by atoms with van der Waals surface area (Å²) < 4.78 is 0. The maximum Gasteiger partial charge on any atom is 0.224 e. The van der Waals surface area contributed by atoms with E-state index >= 15 is 0 Å². The molecule has 1 aromatic rings. The topological polar surface area (TPSA) is 41.1 Å². The highest BCUT2D eigenvalue weighted by atomic mass is 16.1. The van der Waals surface area contributed by atoms with Crippen molar-refractivity contribution in [2.75, 3.05) is 11.9 Å². The van der Waals surface area contributed by atoms with Crippen LogP contribution in [-0.2, 0) is 11.2 Å². The highest BCUT2D eigenvalue weighted by Crippen LogP contribution is 2.15. The molecule has 1 atom stereocenters. The molecule has 0 aliphatic carbocycles. The molecule has 3 nitrogen and oxygen atoms in total. The molecule has 1 aliphatic heterocycles. The van der Waals surface area contributed by atoms with Crippen molar-refractivity contribution in [2.24, 2.45) is 0 Å². The molecule has 1 amide bonds. The second-order valence-corrected chi connectivity index (χ2v) is 4.95. The van der Waals surface area contributed by atoms with Crippen molar-refractivity contribution >= 4 is 11.6 Å². The molecule has 0 saturated carbocycles. The summed E-state index contributed by atoms with van der Waals surface area (Å²) >= 11 is 0. The Morgan fingerprint density at radius 3 is 2.72 bits per heavy atom. The Labute approximate surface area is 109 Å². The molecule has 1 unspecified atom stereocenters. The number of hydrogen-bond donors (Lipinski definition) is 2. The molecular weight excluding hydrogens is 224 g/mol. The zero-order chi connectivity index (χ0) is 12.8. The van der Waals surface area contributed by atoms with Crippen molar-refractivity contribution in [2.45, 2.75) is 45.1 Å². The maximum atomic E-state index is 11.3. The lowest BCUT2D eigenvalue weighted by atomic mass is 9.98. The Morgan fingerprint density at radius 2 is 2.11 bits per heavy atom. The van der Waals surface area contributed by atoms with Gasteiger partial charge in [0.1, 0.15) is 0 Å². The van der Waals surface area contributed by atoms with Crippen LogP contribution < -0.4 is 10.6 Å². The minimum Gasteiger partial charge on any atom is -0.326 e. The fourth-order valence-corrected chi connectivity index (χ4v) is 2.36. The molecule has 1 saturated heterocycles. The quantitative estimate of drug-likeness (QED) is 0.857. The minimum atomic E-state index is 0.0664. The van der Waals surface area contributed by atoms with Crippen molar-refractivity contribution < 1.29 is 4.79 Å². The van der Waals surface area contributed by atoms with Gasteiger partial charge in [-0.1, -0.05) is 25.5 Å². The number of piperidine rings is 1. The molecule has 1 heterocycles. The molecule has 0 spiro atoms. The fourth-order valence-electron chi connectivity index (χ4n) is 2.36. The van der Waals surface area contributed by atoms with Crippen LogP contribution in [-0.4, -0.2) is 18.5 Å². The Hall–Kier alpha value is -1.35. The van der Waals surface area contributed by atoms with E-state index in [4.69, 9.17) is 0 Å². The number of carbonyl (C=O) groups is 1. The lowest BCUT2D eigenvalue weighted by Crippen LogP contribution is -2.35. The first-order valence-corrected chi connectivity index (χ1v) is 6.90. The first-order valence-electron chi connectivity index (χ1n) is 6.90. The van der Waals surface area contributed by atoms with Crippen LogP contribution in [0, 0.1) is 0 Å². The average molecular weight is 246 g/mol. The van der Waals surface area contributed by atoms with E-state index in [1.54, 1.807) is 0 Å². The predicted molar refractivity (Wildman–Crippen MR) is 74.7 cm³/mol. The van der Waals surface area contributed by atoms with Gasteiger partial charge in [-0.05, 0) is 43.5 Å². The van der Waals surface area contributed by atoms with Gasteiger partial charge in [0.05, 0.1) is 0 Å². The van der Waals surface area contributed by atoms with Crippen molar-refractivity contribution in [3.63, 3.8) is 0 Å². The van der Waals surface area contributed by atoms with Gasteiger partial charge >= 0.3 is 0 Å². The van der Waals surface area contributed by atoms with Crippen LogP contribution in [0.4, 0.5) is 5.69 Å². The number of rotatable bonds is 4. The Morgan fingerprint density at radius 1 is 1.33 bits per heavy atom. The standard InChI is InChI=1S/C15H22N2O/c1-2-15(18)17-13-8-6-12(7-9-13)11-14-5-3-4-10-16-14/h6-9,14,16H,2-5,10-11H2,1H3,(H,17,18). The highest BCUT2D eigenvalue weighted by Gasteiger charge is 2.12. The number of carbonyl (C=O) groups excluding carboxylic acids is 1. The monoisotopic (exact) mass is 246 g/mol. The SMILES string of the molecule is CCC(=O)Nc1ccc(CC2CCCCN2)cc1. The summed E-state index contributed by atoms with van der Waals surface area (Å²) in [7, 11) is 0. The fraction of sp³-hybridized carbons (Fsp3) is 0.533. The molecule has 0 radical (unpaired) electrons. The molecule has 0 aromatic heterocycles. The van der Waals surface area contributed by atoms with Gasteiger partial charge < -0.3 is 10.6 Å². The van der Waals surface area contributed by atoms with Crippen molar-refractivity contribution in [3.8, 4) is 0 Å². The van der Waals surface area contributed by atoms with E-state index in [0.717, 1.165) is 18.7 Å². The van der Waals surface area contributed by atoms with Gasteiger partial charge in [0.25, 0.3) is 0 Å². The Kier molecular flexibility index (Phi) is 4.76. The number of benzene rings is 1. The van der Waals surface area contributed by atoms with Crippen LogP contribution in [0.1, 0.15) is 38.2 Å². The number of amides is 1. The zero-order valence-electron chi connectivity index (χ0n) is 11.0. The number of nitrogens with one attached hydrogen (secondary N) is 2. The zero-order valence-corrected chi connectivity index (χ0v) is 11.0. The van der Waals surface area contributed by atoms with E-state index in [2.05, 4.69) is 22.8 Å². The van der Waals surface area contributed by atoms with E-state index in [1.165, 1.54) is 24.8 Å². The summed E-state index contributed by atoms with van der Waals surface area (Å²) in [6.07, 6.45) is 5.52. The third-order valence-corrected chi connectivity index (χ3v) is 3.45. The second kappa shape index (κ2) is 6.55. The van der Waals surface area contributed by atoms with Gasteiger partial charge in [0, 0.05) is 18.2 Å². The molecule has 1 aromatic carbocycles. The van der Waals surface area contributed by atoms with Crippen molar-refractivity contribution in [3.05, 3.63) is 29.8 Å². The molecule has 2 rings (SSSR count). The Balaban J connectivity index is 1.88. The van der Waals surface area contributed by atoms with Crippen LogP contribution in [0.3, 0.4) is 0 Å². The molecule has 1 aliphatic rings. The van der Waals surface area contributed by atoms with E-state index in [0.29, 0.717) is 12.5 Å². The van der Waals surface area contributed by atoms with Gasteiger partial charge in [-0.25, -0.2) is 0 Å². The van der Waals surface area contributed by atoms with Crippen molar-refractivity contribution in [1.29, 1.82) is 0 Å². The summed E-state index contributed by atoms with van der Waals surface area (Å²) in [6, 6.07) is 8.83. The van der Waals surface area contributed by atoms with Crippen molar-refractivity contribution in [1.82, 2.24) is 5.32 Å². The van der Waals surface area contributed by atoms with E-state index in [9.17, 15) is 4.79 Å². The van der Waals surface area contributed by atoms with Gasteiger partial charge in [-0.3, -0.25) is 4.79 Å². The second-order valence-electron chi connectivity index (χ2n) is 4.95. The summed E-state index contributed by atoms with van der Waals surface area (Å²) in [5, 5.41) is 6.42. The minimum absolute atomic E-state index is 0.0664. The Bertz CT molecular complexity index is 380. The van der Waals surface area contributed by atoms with Gasteiger partial charge in [0.2, 0.25) is 5.91 Å². The molecule has 3 heteroatoms. The number of anilines is 1. The summed E-state index contributed by atoms with van der Waals surface area (Å²) in [4.78, 5) is 11.3. The van der Waals surface area contributed by atoms with Crippen LogP contribution in [0.25, 0.3) is 0 Å². The van der Waals surface area contributed by atoms with Gasteiger partial charge in [-0.15, -0.1) is 0 Å². The lowest BCUT2D eigenvalue weighted by molar-refractivity contribution is -0.115. The molecule has 1 fully saturated rings. The van der Waals surface area contributed by atoms with E-state index in [1.807, 2.05) is 19.1 Å². The normalized spacial score (nSPS) is 19.5. The van der Waals surface area contributed by atoms with Crippen LogP contribution in [0.2, 0.25) is 0 Å². The van der Waals surface area contributed by atoms with Crippen LogP contribution in [0.5, 0.6) is 0 Å². The van der Waals surface area contributed by atoms with E-state index < -0.39 is 0 Å². The largest absolute Gasteiger partial charge is 0.326 e. The van der Waals surface area contributed by atoms with E-state index in [-0.39, 0.29) is 5.91 Å². The molecule has 0 bridgehead atoms. The van der Waals surface area contributed by atoms with Gasteiger partial charge in [0.15, 0.2) is 0 Å². The predicted octanol–water partition coefficient (Wildman–Crippen LogP) is 2.72. The third-order valence-electron chi connectivity index (χ3n) is 3.45. The molecule has 98 valence electrons. The van der Waals surface area contributed by atoms with Gasteiger partial charge in [-0.2, -0.15) is 0 Å². The molecule has 18 heavy (non-hydrogen) atoms. The maximum absolute atomic E-state index is 11.3. The first kappa shape index (κ1) is 13.1. The van der Waals surface area contributed by atoms with Crippen LogP contribution >= 0.6 is 0 Å². The third kappa shape index (κ3) is 3.84.